The molecule has 0 bridgehead atoms. The summed E-state index contributed by atoms with van der Waals surface area (Å²) in [5.74, 6) is -0.386. The van der Waals surface area contributed by atoms with Crippen LogP contribution in [0.1, 0.15) is 33.9 Å². The van der Waals surface area contributed by atoms with Crippen LogP contribution in [0.2, 0.25) is 0 Å². The Kier molecular flexibility index (Phi) is 10.7. The first-order valence-electron chi connectivity index (χ1n) is 10.5. The molecule has 0 aliphatic heterocycles. The van der Waals surface area contributed by atoms with Crippen LogP contribution < -0.4 is 15.4 Å². The number of aryl methyl sites for hydroxylation is 1. The molecule has 1 unspecified atom stereocenters. The molecule has 2 amide bonds. The smallest absolute Gasteiger partial charge is 0.472 e. The molecule has 0 aliphatic rings. The minimum Gasteiger partial charge on any atom is -0.497 e. The van der Waals surface area contributed by atoms with Gasteiger partial charge in [0.15, 0.2) is 0 Å². The third-order valence-corrected chi connectivity index (χ3v) is 4.61. The molecule has 2 aromatic carbocycles. The van der Waals surface area contributed by atoms with E-state index in [1.54, 1.807) is 54.7 Å². The fourth-order valence-electron chi connectivity index (χ4n) is 2.85. The van der Waals surface area contributed by atoms with Gasteiger partial charge in [0.25, 0.3) is 5.91 Å². The summed E-state index contributed by atoms with van der Waals surface area (Å²) in [7, 11) is -0.114. The predicted octanol–water partition coefficient (Wildman–Crippen LogP) is 2.21. The lowest BCUT2D eigenvalue weighted by Crippen LogP contribution is -2.38. The van der Waals surface area contributed by atoms with E-state index in [-0.39, 0.29) is 24.6 Å². The number of hydrogen-bond donors (Lipinski definition) is 4. The summed E-state index contributed by atoms with van der Waals surface area (Å²) in [4.78, 5) is 28.4. The van der Waals surface area contributed by atoms with Crippen molar-refractivity contribution in [3.63, 3.8) is 0 Å². The van der Waals surface area contributed by atoms with Gasteiger partial charge >= 0.3 is 7.12 Å². The van der Waals surface area contributed by atoms with Gasteiger partial charge in [0, 0.05) is 12.4 Å². The van der Waals surface area contributed by atoms with Gasteiger partial charge in [-0.25, -0.2) is 4.39 Å². The summed E-state index contributed by atoms with van der Waals surface area (Å²) >= 11 is 0. The van der Waals surface area contributed by atoms with Gasteiger partial charge in [-0.05, 0) is 48.9 Å². The molecular weight excluding hydrogens is 440 g/mol. The number of hydrogen-bond acceptors (Lipinski definition) is 6. The SMILES string of the molecule is COc1cccc(C(CC(=O)NCB(O)O)NC(=O)c2cccnc2)c1.Cc1ccc(F)cc1. The Morgan fingerprint density at radius 1 is 1.12 bits per heavy atom. The highest BCUT2D eigenvalue weighted by molar-refractivity contribution is 6.41. The van der Waals surface area contributed by atoms with E-state index < -0.39 is 19.1 Å². The van der Waals surface area contributed by atoms with Gasteiger partial charge in [-0.2, -0.15) is 0 Å². The average Bonchev–Trinajstić information content (AvgIpc) is 2.85. The Labute approximate surface area is 198 Å². The Bertz CT molecular complexity index is 1030. The fraction of sp³-hybridized carbons (Fsp3) is 0.208. The van der Waals surface area contributed by atoms with Gasteiger partial charge in [0.1, 0.15) is 11.6 Å². The van der Waals surface area contributed by atoms with E-state index in [2.05, 4.69) is 15.6 Å². The van der Waals surface area contributed by atoms with Crippen molar-refractivity contribution in [2.45, 2.75) is 19.4 Å². The van der Waals surface area contributed by atoms with Gasteiger partial charge in [-0.3, -0.25) is 14.6 Å². The fourth-order valence-corrected chi connectivity index (χ4v) is 2.85. The standard InChI is InChI=1S/C17H20BN3O5.C7H7F/c1-26-14-6-2-4-12(8-14)15(9-16(22)20-11-18(24)25)21-17(23)13-5-3-7-19-10-13;1-6-2-4-7(8)5-3-6/h2-8,10,15,24-25H,9,11H2,1H3,(H,20,22)(H,21,23);2-5H,1H3. The van der Waals surface area contributed by atoms with E-state index in [1.807, 2.05) is 6.92 Å². The van der Waals surface area contributed by atoms with E-state index in [0.29, 0.717) is 16.9 Å². The van der Waals surface area contributed by atoms with Crippen LogP contribution in [0.25, 0.3) is 0 Å². The number of halogens is 1. The Morgan fingerprint density at radius 3 is 2.44 bits per heavy atom. The quantitative estimate of drug-likeness (QED) is 0.377. The molecule has 0 fully saturated rings. The highest BCUT2D eigenvalue weighted by Crippen LogP contribution is 2.22. The number of aromatic nitrogens is 1. The molecule has 0 saturated heterocycles. The summed E-state index contributed by atoms with van der Waals surface area (Å²) in [6.07, 6.45) is 2.62. The summed E-state index contributed by atoms with van der Waals surface area (Å²) in [5, 5.41) is 22.9. The van der Waals surface area contributed by atoms with E-state index in [4.69, 9.17) is 14.8 Å². The molecule has 3 rings (SSSR count). The topological polar surface area (TPSA) is 121 Å². The molecule has 4 N–H and O–H groups in total. The third-order valence-electron chi connectivity index (χ3n) is 4.61. The van der Waals surface area contributed by atoms with Gasteiger partial charge in [-0.1, -0.05) is 29.8 Å². The van der Waals surface area contributed by atoms with Crippen molar-refractivity contribution in [3.8, 4) is 5.75 Å². The zero-order chi connectivity index (χ0) is 24.9. The number of amides is 2. The normalized spacial score (nSPS) is 10.9. The van der Waals surface area contributed by atoms with Gasteiger partial charge < -0.3 is 25.4 Å². The second-order valence-electron chi connectivity index (χ2n) is 7.33. The number of benzene rings is 2. The molecule has 0 spiro atoms. The molecule has 34 heavy (non-hydrogen) atoms. The summed E-state index contributed by atoms with van der Waals surface area (Å²) in [6, 6.07) is 16.0. The van der Waals surface area contributed by atoms with Crippen LogP contribution in [-0.2, 0) is 4.79 Å². The number of carbonyl (C=O) groups excluding carboxylic acids is 2. The van der Waals surface area contributed by atoms with Crippen molar-refractivity contribution in [1.29, 1.82) is 0 Å². The van der Waals surface area contributed by atoms with Crippen LogP contribution in [0.15, 0.2) is 73.1 Å². The van der Waals surface area contributed by atoms with Crippen LogP contribution in [0.3, 0.4) is 0 Å². The maximum absolute atomic E-state index is 12.4. The molecule has 1 atom stereocenters. The van der Waals surface area contributed by atoms with E-state index >= 15 is 0 Å². The number of ether oxygens (including phenoxy) is 1. The third kappa shape index (κ3) is 9.39. The molecule has 178 valence electrons. The number of nitrogens with one attached hydrogen (secondary N) is 2. The predicted molar refractivity (Wildman–Crippen MR) is 126 cm³/mol. The monoisotopic (exact) mass is 467 g/mol. The van der Waals surface area contributed by atoms with Crippen LogP contribution >= 0.6 is 0 Å². The highest BCUT2D eigenvalue weighted by Gasteiger charge is 2.21. The minimum atomic E-state index is -1.64. The number of nitrogens with zero attached hydrogens (tertiary/aromatic N) is 1. The van der Waals surface area contributed by atoms with Gasteiger partial charge in [-0.15, -0.1) is 0 Å². The van der Waals surface area contributed by atoms with Crippen molar-refractivity contribution in [2.75, 3.05) is 13.6 Å². The number of carbonyl (C=O) groups is 2. The summed E-state index contributed by atoms with van der Waals surface area (Å²) in [6.45, 7) is 1.93. The molecule has 0 radical (unpaired) electrons. The lowest BCUT2D eigenvalue weighted by atomic mass is 9.92. The lowest BCUT2D eigenvalue weighted by molar-refractivity contribution is -0.121. The number of methoxy groups -OCH3 is 1. The van der Waals surface area contributed by atoms with Crippen molar-refractivity contribution in [3.05, 3.63) is 95.6 Å². The van der Waals surface area contributed by atoms with Crippen molar-refractivity contribution >= 4 is 18.9 Å². The largest absolute Gasteiger partial charge is 0.497 e. The molecule has 1 aromatic heterocycles. The Morgan fingerprint density at radius 2 is 1.85 bits per heavy atom. The number of pyridine rings is 1. The van der Waals surface area contributed by atoms with Crippen LogP contribution in [0.5, 0.6) is 5.75 Å². The zero-order valence-corrected chi connectivity index (χ0v) is 18.9. The zero-order valence-electron chi connectivity index (χ0n) is 18.9. The maximum atomic E-state index is 12.4. The minimum absolute atomic E-state index is 0.0775. The second kappa shape index (κ2) is 13.7. The summed E-state index contributed by atoms with van der Waals surface area (Å²) < 4.78 is 17.3. The molecule has 10 heteroatoms. The van der Waals surface area contributed by atoms with Crippen LogP contribution in [0, 0.1) is 12.7 Å². The van der Waals surface area contributed by atoms with E-state index in [0.717, 1.165) is 5.56 Å². The Hall–Kier alpha value is -3.76. The lowest BCUT2D eigenvalue weighted by Gasteiger charge is -2.19. The van der Waals surface area contributed by atoms with Crippen molar-refractivity contribution in [1.82, 2.24) is 15.6 Å². The average molecular weight is 467 g/mol. The number of rotatable bonds is 8. The first-order valence-corrected chi connectivity index (χ1v) is 10.5. The highest BCUT2D eigenvalue weighted by atomic mass is 19.1. The molecular formula is C24H27BFN3O5. The van der Waals surface area contributed by atoms with Gasteiger partial charge in [0.05, 0.1) is 31.6 Å². The molecule has 1 heterocycles. The molecule has 0 saturated carbocycles. The van der Waals surface area contributed by atoms with Gasteiger partial charge in [0.2, 0.25) is 5.91 Å². The maximum Gasteiger partial charge on any atom is 0.472 e. The molecule has 3 aromatic rings. The molecule has 0 aliphatic carbocycles. The first kappa shape index (κ1) is 26.5. The van der Waals surface area contributed by atoms with Crippen molar-refractivity contribution < 1.29 is 28.8 Å². The van der Waals surface area contributed by atoms with E-state index in [1.165, 1.54) is 25.4 Å². The van der Waals surface area contributed by atoms with Crippen molar-refractivity contribution in [2.24, 2.45) is 0 Å². The van der Waals surface area contributed by atoms with Crippen LogP contribution in [-0.4, -0.2) is 47.5 Å². The summed E-state index contributed by atoms with van der Waals surface area (Å²) in [5.41, 5.74) is 2.14. The van der Waals surface area contributed by atoms with E-state index in [9.17, 15) is 14.0 Å². The van der Waals surface area contributed by atoms with Crippen LogP contribution in [0.4, 0.5) is 4.39 Å². The molecule has 8 nitrogen and oxygen atoms in total. The second-order valence-corrected chi connectivity index (χ2v) is 7.33. The first-order chi connectivity index (χ1) is 16.3. The Balaban J connectivity index is 0.000000430.